The predicted octanol–water partition coefficient (Wildman–Crippen LogP) is 3.48. The Morgan fingerprint density at radius 2 is 2.11 bits per heavy atom. The number of hydrogen-bond acceptors (Lipinski definition) is 3. The maximum absolute atomic E-state index is 12.0. The number of thioether (sulfide) groups is 1. The number of Topliss-reactive ketones (excluding diaryl/α,β-unsaturated/α-hetero) is 1. The second-order valence-corrected chi connectivity index (χ2v) is 5.90. The molecule has 2 aromatic rings. The number of aryl methyl sites for hydroxylation is 1. The van der Waals surface area contributed by atoms with Crippen LogP contribution in [0.5, 0.6) is 0 Å². The van der Waals surface area contributed by atoms with Gasteiger partial charge < -0.3 is 4.57 Å². The molecule has 1 heterocycles. The van der Waals surface area contributed by atoms with E-state index < -0.39 is 0 Å². The number of rotatable bonds is 5. The first-order valence-electron chi connectivity index (χ1n) is 5.63. The van der Waals surface area contributed by atoms with E-state index in [-0.39, 0.29) is 5.78 Å². The number of carbonyl (C=O) groups excluding carboxylic acids is 1. The van der Waals surface area contributed by atoms with Gasteiger partial charge in [-0.1, -0.05) is 23.9 Å². The Bertz CT molecular complexity index is 536. The summed E-state index contributed by atoms with van der Waals surface area (Å²) >= 11 is 3.72. The maximum Gasteiger partial charge on any atom is 0.173 e. The van der Waals surface area contributed by atoms with E-state index in [1.165, 1.54) is 11.8 Å². The number of aromatic nitrogens is 2. The molecule has 0 unspecified atom stereocenters. The third kappa shape index (κ3) is 3.35. The number of nitrogens with zero attached hydrogens (tertiary/aromatic N) is 2. The number of benzene rings is 1. The average Bonchev–Trinajstić information content (AvgIpc) is 2.84. The smallest absolute Gasteiger partial charge is 0.173 e. The van der Waals surface area contributed by atoms with E-state index >= 15 is 0 Å². The van der Waals surface area contributed by atoms with Gasteiger partial charge in [0, 0.05) is 28.1 Å². The van der Waals surface area contributed by atoms with Gasteiger partial charge in [-0.25, -0.2) is 4.98 Å². The van der Waals surface area contributed by atoms with Gasteiger partial charge in [-0.3, -0.25) is 4.79 Å². The number of hydrogen-bond donors (Lipinski definition) is 0. The molecule has 0 radical (unpaired) electrons. The largest absolute Gasteiger partial charge is 0.326 e. The van der Waals surface area contributed by atoms with Gasteiger partial charge in [0.25, 0.3) is 0 Å². The van der Waals surface area contributed by atoms with E-state index in [0.717, 1.165) is 20.8 Å². The van der Waals surface area contributed by atoms with Crippen molar-refractivity contribution in [3.63, 3.8) is 0 Å². The molecule has 0 N–H and O–H groups in total. The molecule has 0 aliphatic heterocycles. The molecule has 0 saturated carbocycles. The fourth-order valence-corrected chi connectivity index (χ4v) is 2.80. The number of halogens is 1. The van der Waals surface area contributed by atoms with Crippen LogP contribution in [0.15, 0.2) is 41.8 Å². The molecular formula is C13H13IN2OS. The minimum atomic E-state index is 0.141. The first-order chi connectivity index (χ1) is 8.70. The van der Waals surface area contributed by atoms with Crippen LogP contribution >= 0.6 is 34.4 Å². The summed E-state index contributed by atoms with van der Waals surface area (Å²) in [6.07, 6.45) is 3.69. The van der Waals surface area contributed by atoms with Crippen molar-refractivity contribution in [2.75, 3.05) is 5.75 Å². The molecule has 2 rings (SSSR count). The minimum absolute atomic E-state index is 0.141. The molecule has 18 heavy (non-hydrogen) atoms. The molecule has 0 saturated heterocycles. The van der Waals surface area contributed by atoms with Crippen molar-refractivity contribution in [3.05, 3.63) is 45.8 Å². The summed E-state index contributed by atoms with van der Waals surface area (Å²) in [5, 5.41) is 0.899. The van der Waals surface area contributed by atoms with Crippen molar-refractivity contribution in [2.24, 2.45) is 0 Å². The fourth-order valence-electron chi connectivity index (χ4n) is 1.53. The van der Waals surface area contributed by atoms with E-state index in [2.05, 4.69) is 34.5 Å². The monoisotopic (exact) mass is 372 g/mol. The second kappa shape index (κ2) is 6.38. The van der Waals surface area contributed by atoms with Gasteiger partial charge >= 0.3 is 0 Å². The molecule has 0 atom stereocenters. The van der Waals surface area contributed by atoms with E-state index in [1.54, 1.807) is 6.20 Å². The third-order valence-corrected chi connectivity index (χ3v) is 4.24. The van der Waals surface area contributed by atoms with Crippen LogP contribution < -0.4 is 0 Å². The molecule has 0 aliphatic rings. The van der Waals surface area contributed by atoms with Crippen molar-refractivity contribution in [1.82, 2.24) is 9.55 Å². The normalized spacial score (nSPS) is 10.6. The zero-order chi connectivity index (χ0) is 13.0. The van der Waals surface area contributed by atoms with Gasteiger partial charge in [-0.15, -0.1) is 0 Å². The first kappa shape index (κ1) is 13.6. The highest BCUT2D eigenvalue weighted by Crippen LogP contribution is 2.17. The second-order valence-electron chi connectivity index (χ2n) is 3.71. The molecule has 3 nitrogen and oxygen atoms in total. The van der Waals surface area contributed by atoms with Gasteiger partial charge in [-0.2, -0.15) is 0 Å². The summed E-state index contributed by atoms with van der Waals surface area (Å²) in [6.45, 7) is 2.94. The molecule has 0 spiro atoms. The molecule has 94 valence electrons. The van der Waals surface area contributed by atoms with E-state index in [9.17, 15) is 4.79 Å². The summed E-state index contributed by atoms with van der Waals surface area (Å²) in [4.78, 5) is 16.2. The summed E-state index contributed by atoms with van der Waals surface area (Å²) in [5.41, 5.74) is 0.762. The van der Waals surface area contributed by atoms with Crippen molar-refractivity contribution >= 4 is 40.1 Å². The van der Waals surface area contributed by atoms with Crippen molar-refractivity contribution < 1.29 is 4.79 Å². The Labute approximate surface area is 124 Å². The number of ketones is 1. The highest BCUT2D eigenvalue weighted by molar-refractivity contribution is 14.1. The van der Waals surface area contributed by atoms with Gasteiger partial charge in [0.15, 0.2) is 10.9 Å². The lowest BCUT2D eigenvalue weighted by atomic mass is 10.2. The molecule has 0 fully saturated rings. The lowest BCUT2D eigenvalue weighted by molar-refractivity contribution is 0.102. The average molecular weight is 372 g/mol. The fraction of sp³-hybridized carbons (Fsp3) is 0.231. The number of carbonyl (C=O) groups is 1. The lowest BCUT2D eigenvalue weighted by Gasteiger charge is -2.04. The van der Waals surface area contributed by atoms with Gasteiger partial charge in [0.05, 0.1) is 5.75 Å². The first-order valence-corrected chi connectivity index (χ1v) is 7.70. The summed E-state index contributed by atoms with van der Waals surface area (Å²) in [5.74, 6) is 0.569. The minimum Gasteiger partial charge on any atom is -0.326 e. The Morgan fingerprint density at radius 3 is 2.78 bits per heavy atom. The molecule has 0 bridgehead atoms. The standard InChI is InChI=1S/C13H13IN2OS/c1-2-16-8-7-15-13(16)18-9-12(17)10-3-5-11(14)6-4-10/h3-8H,2,9H2,1H3. The van der Waals surface area contributed by atoms with Crippen LogP contribution in [0.1, 0.15) is 17.3 Å². The third-order valence-electron chi connectivity index (χ3n) is 2.52. The van der Waals surface area contributed by atoms with Crippen molar-refractivity contribution in [1.29, 1.82) is 0 Å². The summed E-state index contributed by atoms with van der Waals surface area (Å²) in [7, 11) is 0. The van der Waals surface area contributed by atoms with Crippen LogP contribution in [0, 0.1) is 3.57 Å². The molecule has 0 amide bonds. The highest BCUT2D eigenvalue weighted by Gasteiger charge is 2.09. The van der Waals surface area contributed by atoms with Gasteiger partial charge in [0.1, 0.15) is 0 Å². The van der Waals surface area contributed by atoms with Gasteiger partial charge in [-0.05, 0) is 41.6 Å². The Morgan fingerprint density at radius 1 is 1.39 bits per heavy atom. The van der Waals surface area contributed by atoms with Gasteiger partial charge in [0.2, 0.25) is 0 Å². The maximum atomic E-state index is 12.0. The van der Waals surface area contributed by atoms with Crippen LogP contribution in [-0.4, -0.2) is 21.1 Å². The van der Waals surface area contributed by atoms with Crippen LogP contribution in [0.25, 0.3) is 0 Å². The molecule has 0 aliphatic carbocycles. The van der Waals surface area contributed by atoms with Crippen LogP contribution in [-0.2, 0) is 6.54 Å². The zero-order valence-electron chi connectivity index (χ0n) is 9.97. The van der Waals surface area contributed by atoms with Crippen molar-refractivity contribution in [3.8, 4) is 0 Å². The Kier molecular flexibility index (Phi) is 4.82. The highest BCUT2D eigenvalue weighted by atomic mass is 127. The Hall–Kier alpha value is -0.820. The van der Waals surface area contributed by atoms with E-state index in [1.807, 2.05) is 35.0 Å². The van der Waals surface area contributed by atoms with Crippen LogP contribution in [0.4, 0.5) is 0 Å². The molecule has 1 aromatic heterocycles. The lowest BCUT2D eigenvalue weighted by Crippen LogP contribution is -2.04. The van der Waals surface area contributed by atoms with Crippen molar-refractivity contribution in [2.45, 2.75) is 18.6 Å². The topological polar surface area (TPSA) is 34.9 Å². The Balaban J connectivity index is 1.98. The predicted molar refractivity (Wildman–Crippen MR) is 82.1 cm³/mol. The zero-order valence-corrected chi connectivity index (χ0v) is 12.9. The van der Waals surface area contributed by atoms with E-state index in [4.69, 9.17) is 0 Å². The number of imidazole rings is 1. The quantitative estimate of drug-likeness (QED) is 0.458. The SMILES string of the molecule is CCn1ccnc1SCC(=O)c1ccc(I)cc1. The van der Waals surface area contributed by atoms with E-state index in [0.29, 0.717) is 5.75 Å². The summed E-state index contributed by atoms with van der Waals surface area (Å²) < 4.78 is 3.17. The van der Waals surface area contributed by atoms with Crippen LogP contribution in [0.3, 0.4) is 0 Å². The molecular weight excluding hydrogens is 359 g/mol. The molecule has 5 heteroatoms. The van der Waals surface area contributed by atoms with Crippen LogP contribution in [0.2, 0.25) is 0 Å². The summed E-state index contributed by atoms with van der Waals surface area (Å²) in [6, 6.07) is 7.64. The molecule has 1 aromatic carbocycles.